The number of aliphatic hydroxyl groups excluding tert-OH is 2. The summed E-state index contributed by atoms with van der Waals surface area (Å²) < 4.78 is 0. The molecule has 0 aromatic carbocycles. The molecule has 0 spiro atoms. The van der Waals surface area contributed by atoms with Crippen LogP contribution in [-0.2, 0) is 0 Å². The summed E-state index contributed by atoms with van der Waals surface area (Å²) in [6.07, 6.45) is 6.23. The van der Waals surface area contributed by atoms with Crippen molar-refractivity contribution in [3.05, 3.63) is 0 Å². The molecular formula is C11H24O2. The molecule has 0 saturated carbocycles. The zero-order valence-corrected chi connectivity index (χ0v) is 9.00. The average Bonchev–Trinajstić information content (AvgIpc) is 2.12. The van der Waals surface area contributed by atoms with E-state index in [0.717, 1.165) is 19.3 Å². The molecule has 0 aliphatic carbocycles. The van der Waals surface area contributed by atoms with Crippen LogP contribution >= 0.6 is 0 Å². The number of aliphatic hydroxyl groups is 2. The Kier molecular flexibility index (Phi) is 8.46. The van der Waals surface area contributed by atoms with Crippen molar-refractivity contribution >= 4 is 0 Å². The molecule has 2 nitrogen and oxygen atoms in total. The minimum Gasteiger partial charge on any atom is -0.396 e. The second kappa shape index (κ2) is 8.52. The molecule has 0 aromatic rings. The maximum atomic E-state index is 9.64. The summed E-state index contributed by atoms with van der Waals surface area (Å²) >= 11 is 0. The summed E-state index contributed by atoms with van der Waals surface area (Å²) in [5, 5.41) is 18.3. The molecule has 0 fully saturated rings. The van der Waals surface area contributed by atoms with Crippen LogP contribution in [0.3, 0.4) is 0 Å². The van der Waals surface area contributed by atoms with Gasteiger partial charge in [0.25, 0.3) is 0 Å². The van der Waals surface area contributed by atoms with Gasteiger partial charge in [-0.1, -0.05) is 39.5 Å². The summed E-state index contributed by atoms with van der Waals surface area (Å²) in [5.74, 6) is 0.242. The highest BCUT2D eigenvalue weighted by atomic mass is 16.3. The van der Waals surface area contributed by atoms with E-state index in [1.165, 1.54) is 19.3 Å². The fourth-order valence-electron chi connectivity index (χ4n) is 1.46. The molecule has 80 valence electrons. The Labute approximate surface area is 82.0 Å². The third-order valence-electron chi connectivity index (χ3n) is 2.59. The summed E-state index contributed by atoms with van der Waals surface area (Å²) in [6, 6.07) is 0. The van der Waals surface area contributed by atoms with Gasteiger partial charge in [0, 0.05) is 6.61 Å². The molecule has 0 saturated heterocycles. The lowest BCUT2D eigenvalue weighted by atomic mass is 9.96. The van der Waals surface area contributed by atoms with Crippen molar-refractivity contribution < 1.29 is 10.2 Å². The predicted molar refractivity (Wildman–Crippen MR) is 55.6 cm³/mol. The maximum absolute atomic E-state index is 9.64. The van der Waals surface area contributed by atoms with Crippen LogP contribution in [0.15, 0.2) is 0 Å². The summed E-state index contributed by atoms with van der Waals surface area (Å²) in [6.45, 7) is 4.37. The smallest absolute Gasteiger partial charge is 0.0566 e. The van der Waals surface area contributed by atoms with E-state index < -0.39 is 0 Å². The minimum absolute atomic E-state index is 0.188. The van der Waals surface area contributed by atoms with Gasteiger partial charge >= 0.3 is 0 Å². The van der Waals surface area contributed by atoms with Crippen LogP contribution in [0, 0.1) is 5.92 Å². The number of hydrogen-bond acceptors (Lipinski definition) is 2. The van der Waals surface area contributed by atoms with E-state index in [9.17, 15) is 5.11 Å². The van der Waals surface area contributed by atoms with Gasteiger partial charge in [-0.25, -0.2) is 0 Å². The van der Waals surface area contributed by atoms with Crippen molar-refractivity contribution in [1.29, 1.82) is 0 Å². The standard InChI is InChI=1S/C11H24O2/c1-3-4-5-6-7-11(13)10(2)8-9-12/h10-13H,3-9H2,1-2H3/t10-,11+/m0/s1. The van der Waals surface area contributed by atoms with Crippen molar-refractivity contribution in [2.75, 3.05) is 6.61 Å². The molecule has 2 N–H and O–H groups in total. The molecule has 0 heterocycles. The third kappa shape index (κ3) is 7.03. The van der Waals surface area contributed by atoms with E-state index in [2.05, 4.69) is 6.92 Å². The lowest BCUT2D eigenvalue weighted by Crippen LogP contribution is -2.18. The Bertz CT molecular complexity index is 104. The van der Waals surface area contributed by atoms with Gasteiger partial charge in [0.05, 0.1) is 6.10 Å². The molecule has 0 aromatic heterocycles. The van der Waals surface area contributed by atoms with Crippen LogP contribution in [0.2, 0.25) is 0 Å². The van der Waals surface area contributed by atoms with E-state index in [0.29, 0.717) is 0 Å². The largest absolute Gasteiger partial charge is 0.396 e. The van der Waals surface area contributed by atoms with Crippen LogP contribution in [-0.4, -0.2) is 22.9 Å². The number of rotatable bonds is 8. The monoisotopic (exact) mass is 188 g/mol. The van der Waals surface area contributed by atoms with E-state index in [4.69, 9.17) is 5.11 Å². The Morgan fingerprint density at radius 2 is 1.77 bits per heavy atom. The highest BCUT2D eigenvalue weighted by Crippen LogP contribution is 2.14. The Hall–Kier alpha value is -0.0800. The normalized spacial score (nSPS) is 15.7. The molecule has 0 aliphatic heterocycles. The molecule has 0 amide bonds. The first-order valence-electron chi connectivity index (χ1n) is 5.51. The fourth-order valence-corrected chi connectivity index (χ4v) is 1.46. The molecule has 13 heavy (non-hydrogen) atoms. The quantitative estimate of drug-likeness (QED) is 0.574. The lowest BCUT2D eigenvalue weighted by Gasteiger charge is -2.17. The van der Waals surface area contributed by atoms with Crippen molar-refractivity contribution in [3.63, 3.8) is 0 Å². The third-order valence-corrected chi connectivity index (χ3v) is 2.59. The van der Waals surface area contributed by atoms with Gasteiger partial charge in [-0.2, -0.15) is 0 Å². The Morgan fingerprint density at radius 3 is 2.31 bits per heavy atom. The number of unbranched alkanes of at least 4 members (excludes halogenated alkanes) is 3. The van der Waals surface area contributed by atoms with Crippen molar-refractivity contribution in [3.8, 4) is 0 Å². The van der Waals surface area contributed by atoms with Gasteiger partial charge in [-0.05, 0) is 18.8 Å². The van der Waals surface area contributed by atoms with Crippen LogP contribution in [0.5, 0.6) is 0 Å². The highest BCUT2D eigenvalue weighted by molar-refractivity contribution is 4.64. The first kappa shape index (κ1) is 12.9. The molecule has 0 bridgehead atoms. The Balaban J connectivity index is 3.32. The summed E-state index contributed by atoms with van der Waals surface area (Å²) in [7, 11) is 0. The molecule has 0 rings (SSSR count). The Morgan fingerprint density at radius 1 is 1.08 bits per heavy atom. The van der Waals surface area contributed by atoms with Crippen molar-refractivity contribution in [2.45, 2.75) is 58.5 Å². The zero-order valence-electron chi connectivity index (χ0n) is 9.00. The minimum atomic E-state index is -0.219. The van der Waals surface area contributed by atoms with Gasteiger partial charge in [0.1, 0.15) is 0 Å². The topological polar surface area (TPSA) is 40.5 Å². The summed E-state index contributed by atoms with van der Waals surface area (Å²) in [4.78, 5) is 0. The highest BCUT2D eigenvalue weighted by Gasteiger charge is 2.12. The van der Waals surface area contributed by atoms with Crippen molar-refractivity contribution in [2.24, 2.45) is 5.92 Å². The van der Waals surface area contributed by atoms with Crippen LogP contribution in [0.1, 0.15) is 52.4 Å². The van der Waals surface area contributed by atoms with E-state index >= 15 is 0 Å². The first-order chi connectivity index (χ1) is 6.22. The van der Waals surface area contributed by atoms with Crippen LogP contribution < -0.4 is 0 Å². The van der Waals surface area contributed by atoms with Gasteiger partial charge in [0.2, 0.25) is 0 Å². The lowest BCUT2D eigenvalue weighted by molar-refractivity contribution is 0.0884. The van der Waals surface area contributed by atoms with Gasteiger partial charge < -0.3 is 10.2 Å². The van der Waals surface area contributed by atoms with Crippen molar-refractivity contribution in [1.82, 2.24) is 0 Å². The fraction of sp³-hybridized carbons (Fsp3) is 1.00. The average molecular weight is 188 g/mol. The zero-order chi connectivity index (χ0) is 10.1. The van der Waals surface area contributed by atoms with Gasteiger partial charge in [-0.3, -0.25) is 0 Å². The second-order valence-corrected chi connectivity index (χ2v) is 3.91. The van der Waals surface area contributed by atoms with E-state index in [1.807, 2.05) is 6.92 Å². The van der Waals surface area contributed by atoms with Crippen LogP contribution in [0.25, 0.3) is 0 Å². The molecular weight excluding hydrogens is 164 g/mol. The maximum Gasteiger partial charge on any atom is 0.0566 e. The molecule has 2 atom stereocenters. The van der Waals surface area contributed by atoms with E-state index in [-0.39, 0.29) is 18.6 Å². The molecule has 0 aliphatic rings. The SMILES string of the molecule is CCCCCC[C@@H](O)[C@@H](C)CCO. The van der Waals surface area contributed by atoms with Gasteiger partial charge in [0.15, 0.2) is 0 Å². The van der Waals surface area contributed by atoms with Gasteiger partial charge in [-0.15, -0.1) is 0 Å². The summed E-state index contributed by atoms with van der Waals surface area (Å²) in [5.41, 5.74) is 0. The number of hydrogen-bond donors (Lipinski definition) is 2. The molecule has 0 radical (unpaired) electrons. The predicted octanol–water partition coefficient (Wildman–Crippen LogP) is 2.34. The van der Waals surface area contributed by atoms with Crippen LogP contribution in [0.4, 0.5) is 0 Å². The molecule has 2 heteroatoms. The first-order valence-corrected chi connectivity index (χ1v) is 5.51. The molecule has 0 unspecified atom stereocenters. The van der Waals surface area contributed by atoms with E-state index in [1.54, 1.807) is 0 Å². The second-order valence-electron chi connectivity index (χ2n) is 3.91.